The number of aliphatic imine (C=N–C) groups is 2. The minimum absolute atomic E-state index is 0.152. The number of fused-ring (bicyclic) bond motifs is 4. The van der Waals surface area contributed by atoms with E-state index >= 15 is 0 Å². The number of hydrogen-bond acceptors (Lipinski definition) is 15. The summed E-state index contributed by atoms with van der Waals surface area (Å²) in [5.74, 6) is -0.855. The third-order valence-electron chi connectivity index (χ3n) is 16.6. The van der Waals surface area contributed by atoms with Crippen LogP contribution in [-0.2, 0) is 24.0 Å². The van der Waals surface area contributed by atoms with E-state index in [1.165, 1.54) is 24.8 Å². The van der Waals surface area contributed by atoms with Gasteiger partial charge in [0.1, 0.15) is 12.1 Å². The van der Waals surface area contributed by atoms with E-state index in [1.54, 1.807) is 66.3 Å². The monoisotopic (exact) mass is 1170 g/mol. The Morgan fingerprint density at radius 1 is 0.640 bits per heavy atom. The first-order valence-corrected chi connectivity index (χ1v) is 29.7. The van der Waals surface area contributed by atoms with Gasteiger partial charge >= 0.3 is 0 Å². The van der Waals surface area contributed by atoms with Crippen molar-refractivity contribution >= 4 is 87.7 Å². The molecular weight excluding hydrogens is 1100 g/mol. The van der Waals surface area contributed by atoms with Crippen molar-refractivity contribution in [1.82, 2.24) is 30.2 Å². The number of imide groups is 1. The van der Waals surface area contributed by atoms with Crippen LogP contribution in [0.4, 0.5) is 22.7 Å². The Balaban J connectivity index is 0.680. The van der Waals surface area contributed by atoms with Gasteiger partial charge in [0.2, 0.25) is 29.5 Å². The van der Waals surface area contributed by atoms with Crippen molar-refractivity contribution < 1.29 is 52.5 Å². The number of carbonyl (C=O) groups is 7. The lowest BCUT2D eigenvalue weighted by molar-refractivity contribution is -0.139. The van der Waals surface area contributed by atoms with Gasteiger partial charge in [0.25, 0.3) is 11.8 Å². The standard InChI is InChI=1S/C65H76N10O11/c1-39(2)60(70-58(76)12-9-8-10-21-73-59(77)28-40(3)63(73)80)62(79)68-41(4)61(78)69-46-17-13-42(14-18-46)44-29-48-35-66-52-33-56(54(83-6)31-50(52)64(81)74(48)37-44)85-26-11-27-86-57-34-53-51(32-55(57)84-7)65(82)75-38-45(30-49(75)36-67-53)43-15-19-47(20-16-43)72-24-22-71(5)23-25-72/h13-20,31-41,48-49,60H,8-12,21-30H2,1-7H3,(H,68,79)(H,69,78)(H,70,76)/t40?,41-,48-,49-,60+/m0/s1. The second-order valence-corrected chi connectivity index (χ2v) is 23.1. The predicted molar refractivity (Wildman–Crippen MR) is 328 cm³/mol. The van der Waals surface area contributed by atoms with Gasteiger partial charge < -0.3 is 54.5 Å². The normalized spacial score (nSPS) is 19.7. The molecule has 4 aromatic carbocycles. The summed E-state index contributed by atoms with van der Waals surface area (Å²) in [6.45, 7) is 11.8. The second-order valence-electron chi connectivity index (χ2n) is 23.1. The minimum atomic E-state index is -0.922. The van der Waals surface area contributed by atoms with Gasteiger partial charge in [0.15, 0.2) is 23.0 Å². The lowest BCUT2D eigenvalue weighted by Gasteiger charge is -2.34. The van der Waals surface area contributed by atoms with Crippen molar-refractivity contribution in [3.63, 3.8) is 0 Å². The molecule has 21 heteroatoms. The Kier molecular flexibility index (Phi) is 18.6. The van der Waals surface area contributed by atoms with Crippen molar-refractivity contribution in [1.29, 1.82) is 0 Å². The van der Waals surface area contributed by atoms with Crippen LogP contribution < -0.4 is 39.8 Å². The van der Waals surface area contributed by atoms with Crippen LogP contribution in [0.25, 0.3) is 11.1 Å². The molecule has 21 nitrogen and oxygen atoms in total. The number of carbonyl (C=O) groups excluding carboxylic acids is 7. The van der Waals surface area contributed by atoms with E-state index in [-0.39, 0.29) is 79.5 Å². The molecule has 6 aliphatic heterocycles. The smallest absolute Gasteiger partial charge is 0.260 e. The van der Waals surface area contributed by atoms with E-state index in [0.717, 1.165) is 48.5 Å². The molecule has 2 saturated heterocycles. The van der Waals surface area contributed by atoms with E-state index in [9.17, 15) is 33.6 Å². The summed E-state index contributed by atoms with van der Waals surface area (Å²) in [6.07, 6.45) is 11.1. The van der Waals surface area contributed by atoms with Gasteiger partial charge in [-0.1, -0.05) is 51.5 Å². The first kappa shape index (κ1) is 60.3. The average Bonchev–Trinajstić information content (AvgIpc) is 2.13. The highest BCUT2D eigenvalue weighted by Gasteiger charge is 2.37. The Bertz CT molecular complexity index is 3390. The molecule has 5 atom stereocenters. The molecule has 7 amide bonds. The maximum atomic E-state index is 14.2. The summed E-state index contributed by atoms with van der Waals surface area (Å²) in [7, 11) is 5.20. The first-order valence-electron chi connectivity index (χ1n) is 29.7. The maximum Gasteiger partial charge on any atom is 0.260 e. The highest BCUT2D eigenvalue weighted by atomic mass is 16.5. The summed E-state index contributed by atoms with van der Waals surface area (Å²) in [4.78, 5) is 111. The van der Waals surface area contributed by atoms with Crippen molar-refractivity contribution in [3.05, 3.63) is 107 Å². The number of nitrogens with zero attached hydrogens (tertiary/aromatic N) is 7. The van der Waals surface area contributed by atoms with E-state index in [1.807, 2.05) is 44.6 Å². The summed E-state index contributed by atoms with van der Waals surface area (Å²) in [5, 5.41) is 8.38. The number of amides is 7. The number of ether oxygens (including phenoxy) is 4. The molecule has 0 aromatic heterocycles. The van der Waals surface area contributed by atoms with Crippen LogP contribution in [0.2, 0.25) is 0 Å². The lowest BCUT2D eigenvalue weighted by Crippen LogP contribution is -2.53. The molecule has 6 heterocycles. The van der Waals surface area contributed by atoms with E-state index in [4.69, 9.17) is 28.9 Å². The topological polar surface area (TPSA) is 233 Å². The molecular formula is C65H76N10O11. The van der Waals surface area contributed by atoms with Crippen LogP contribution >= 0.6 is 0 Å². The summed E-state index contributed by atoms with van der Waals surface area (Å²) >= 11 is 0. The van der Waals surface area contributed by atoms with Crippen LogP contribution in [0.1, 0.15) is 111 Å². The Morgan fingerprint density at radius 3 is 1.70 bits per heavy atom. The molecule has 0 aliphatic carbocycles. The van der Waals surface area contributed by atoms with Gasteiger partial charge in [-0.3, -0.25) is 48.4 Å². The van der Waals surface area contributed by atoms with Crippen molar-refractivity contribution in [3.8, 4) is 23.0 Å². The number of benzene rings is 4. The molecule has 2 fully saturated rings. The third-order valence-corrected chi connectivity index (χ3v) is 16.6. The van der Waals surface area contributed by atoms with E-state index < -0.39 is 23.9 Å². The molecule has 6 aliphatic rings. The Labute approximate surface area is 501 Å². The Morgan fingerprint density at radius 2 is 1.19 bits per heavy atom. The second kappa shape index (κ2) is 26.6. The van der Waals surface area contributed by atoms with Crippen molar-refractivity contribution in [2.45, 2.75) is 103 Å². The molecule has 0 radical (unpaired) electrons. The highest BCUT2D eigenvalue weighted by Crippen LogP contribution is 2.42. The molecule has 4 aromatic rings. The summed E-state index contributed by atoms with van der Waals surface area (Å²) < 4.78 is 23.8. The van der Waals surface area contributed by atoms with E-state index in [2.05, 4.69) is 57.1 Å². The van der Waals surface area contributed by atoms with Gasteiger partial charge in [0, 0.05) is 119 Å². The number of nitrogens with one attached hydrogen (secondary N) is 3. The molecule has 452 valence electrons. The number of likely N-dealkylation sites (tertiary alicyclic amines) is 1. The number of hydrogen-bond donors (Lipinski definition) is 3. The molecule has 0 spiro atoms. The number of anilines is 2. The zero-order valence-electron chi connectivity index (χ0n) is 49.9. The fourth-order valence-electron chi connectivity index (χ4n) is 11.5. The molecule has 86 heavy (non-hydrogen) atoms. The van der Waals surface area contributed by atoms with Crippen molar-refractivity contribution in [2.24, 2.45) is 21.8 Å². The quantitative estimate of drug-likeness (QED) is 0.0476. The van der Waals surface area contributed by atoms with Crippen LogP contribution in [0.5, 0.6) is 23.0 Å². The summed E-state index contributed by atoms with van der Waals surface area (Å²) in [6, 6.07) is 20.2. The van der Waals surface area contributed by atoms with Crippen LogP contribution in [0.3, 0.4) is 0 Å². The van der Waals surface area contributed by atoms with Gasteiger partial charge in [0.05, 0.1) is 62.0 Å². The number of rotatable bonds is 23. The van der Waals surface area contributed by atoms with Crippen LogP contribution in [0.15, 0.2) is 95.2 Å². The molecule has 0 saturated carbocycles. The van der Waals surface area contributed by atoms with Gasteiger partial charge in [-0.15, -0.1) is 0 Å². The zero-order chi connectivity index (χ0) is 60.8. The fraction of sp³-hybridized carbons (Fsp3) is 0.431. The molecule has 0 bridgehead atoms. The van der Waals surface area contributed by atoms with Crippen LogP contribution in [-0.4, -0.2) is 165 Å². The fourth-order valence-corrected chi connectivity index (χ4v) is 11.5. The highest BCUT2D eigenvalue weighted by molar-refractivity contribution is 6.07. The maximum absolute atomic E-state index is 14.2. The molecule has 10 rings (SSSR count). The average molecular weight is 1170 g/mol. The van der Waals surface area contributed by atoms with Crippen molar-refractivity contribution in [2.75, 3.05) is 77.4 Å². The third kappa shape index (κ3) is 13.5. The van der Waals surface area contributed by atoms with Gasteiger partial charge in [-0.25, -0.2) is 0 Å². The predicted octanol–water partition coefficient (Wildman–Crippen LogP) is 7.79. The SMILES string of the molecule is COc1cc2c(cc1OCCCOc1cc3c(cc1OC)C(=O)N1C=C(c4ccc(N5CCN(C)CC5)cc4)C[C@H]1C=N3)N=C[C@@H]1CC(c3ccc(NC(=O)[C@H](C)NC(=O)[C@H](NC(=O)CCCCCN4C(=O)CC(C)C4=O)C(C)C)cc3)=CN1C2=O. The molecule has 1 unspecified atom stereocenters. The number of likely N-dealkylation sites (N-methyl/N-ethyl adjacent to an activating group) is 1. The summed E-state index contributed by atoms with van der Waals surface area (Å²) in [5.41, 5.74) is 7.34. The van der Waals surface area contributed by atoms with Gasteiger partial charge in [-0.05, 0) is 91.4 Å². The van der Waals surface area contributed by atoms with Crippen LogP contribution in [0, 0.1) is 11.8 Å². The first-order chi connectivity index (χ1) is 41.5. The largest absolute Gasteiger partial charge is 0.493 e. The zero-order valence-corrected chi connectivity index (χ0v) is 49.9. The lowest BCUT2D eigenvalue weighted by atomic mass is 10.0. The number of methoxy groups -OCH3 is 2. The van der Waals surface area contributed by atoms with E-state index in [0.29, 0.717) is 96.3 Å². The minimum Gasteiger partial charge on any atom is -0.493 e. The van der Waals surface area contributed by atoms with Gasteiger partial charge in [-0.2, -0.15) is 0 Å². The number of piperazine rings is 1. The number of unbranched alkanes of at least 4 members (excludes halogenated alkanes) is 2. The molecule has 3 N–H and O–H groups in total. The Hall–Kier alpha value is -8.85.